The van der Waals surface area contributed by atoms with Crippen LogP contribution in [0.25, 0.3) is 5.57 Å². The predicted octanol–water partition coefficient (Wildman–Crippen LogP) is 4.14. The molecule has 0 heteroatoms. The molecule has 1 aliphatic rings. The van der Waals surface area contributed by atoms with E-state index in [0.717, 1.165) is 11.8 Å². The monoisotopic (exact) mass is 186 g/mol. The first kappa shape index (κ1) is 9.51. The number of hydrogen-bond donors (Lipinski definition) is 0. The maximum absolute atomic E-state index is 2.35. The lowest BCUT2D eigenvalue weighted by Crippen LogP contribution is -2.02. The van der Waals surface area contributed by atoms with Gasteiger partial charge in [0.05, 0.1) is 0 Å². The molecule has 0 nitrogen and oxygen atoms in total. The molecule has 0 saturated carbocycles. The van der Waals surface area contributed by atoms with Crippen molar-refractivity contribution < 1.29 is 0 Å². The molecule has 0 heterocycles. The van der Waals surface area contributed by atoms with E-state index < -0.39 is 0 Å². The minimum Gasteiger partial charge on any atom is -0.0690 e. The minimum absolute atomic E-state index is 0.720. The van der Waals surface area contributed by atoms with Gasteiger partial charge in [0.2, 0.25) is 0 Å². The molecule has 2 unspecified atom stereocenters. The lowest BCUT2D eigenvalue weighted by Gasteiger charge is -2.14. The molecule has 2 rings (SSSR count). The van der Waals surface area contributed by atoms with E-state index in [1.807, 2.05) is 0 Å². The molecule has 0 aromatic heterocycles. The highest BCUT2D eigenvalue weighted by atomic mass is 14.3. The maximum Gasteiger partial charge on any atom is -0.0156 e. The summed E-state index contributed by atoms with van der Waals surface area (Å²) in [6, 6.07) is 10.8. The molecule has 0 fully saturated rings. The summed E-state index contributed by atoms with van der Waals surface area (Å²) in [5, 5.41) is 0. The third-order valence-corrected chi connectivity index (χ3v) is 3.48. The van der Waals surface area contributed by atoms with Crippen LogP contribution in [0.5, 0.6) is 0 Å². The highest BCUT2D eigenvalue weighted by Gasteiger charge is 2.26. The van der Waals surface area contributed by atoms with Crippen LogP contribution < -0.4 is 0 Å². The van der Waals surface area contributed by atoms with Crippen molar-refractivity contribution >= 4 is 5.57 Å². The number of hydrogen-bond acceptors (Lipinski definition) is 0. The zero-order valence-corrected chi connectivity index (χ0v) is 9.25. The zero-order chi connectivity index (χ0) is 10.1. The number of allylic oxidation sites excluding steroid dienone is 2. The molecule has 1 aromatic carbocycles. The van der Waals surface area contributed by atoms with Gasteiger partial charge < -0.3 is 0 Å². The van der Waals surface area contributed by atoms with Gasteiger partial charge in [0.1, 0.15) is 0 Å². The maximum atomic E-state index is 2.35. The van der Waals surface area contributed by atoms with Gasteiger partial charge in [-0.25, -0.2) is 0 Å². The summed E-state index contributed by atoms with van der Waals surface area (Å²) >= 11 is 0. The Labute approximate surface area is 86.7 Å². The van der Waals surface area contributed by atoms with Crippen molar-refractivity contribution in [1.29, 1.82) is 0 Å². The number of benzene rings is 1. The van der Waals surface area contributed by atoms with Gasteiger partial charge in [-0.1, -0.05) is 49.8 Å². The van der Waals surface area contributed by atoms with Crippen molar-refractivity contribution in [2.75, 3.05) is 0 Å². The summed E-state index contributed by atoms with van der Waals surface area (Å²) in [4.78, 5) is 0. The van der Waals surface area contributed by atoms with Gasteiger partial charge >= 0.3 is 0 Å². The van der Waals surface area contributed by atoms with Crippen molar-refractivity contribution in [2.45, 2.75) is 27.2 Å². The van der Waals surface area contributed by atoms with Gasteiger partial charge in [0.25, 0.3) is 0 Å². The van der Waals surface area contributed by atoms with Crippen LogP contribution in [0, 0.1) is 11.8 Å². The third-order valence-electron chi connectivity index (χ3n) is 3.48. The van der Waals surface area contributed by atoms with Gasteiger partial charge in [0.15, 0.2) is 0 Å². The second kappa shape index (κ2) is 3.61. The second-order valence-electron chi connectivity index (χ2n) is 4.53. The van der Waals surface area contributed by atoms with Crippen LogP contribution in [0.3, 0.4) is 0 Å². The number of rotatable bonds is 1. The average Bonchev–Trinajstić information content (AvgIpc) is 2.43. The fourth-order valence-electron chi connectivity index (χ4n) is 2.57. The van der Waals surface area contributed by atoms with Crippen LogP contribution in [0.1, 0.15) is 32.8 Å². The molecule has 14 heavy (non-hydrogen) atoms. The Morgan fingerprint density at radius 2 is 1.71 bits per heavy atom. The molecule has 0 saturated heterocycles. The molecule has 0 bridgehead atoms. The van der Waals surface area contributed by atoms with Crippen molar-refractivity contribution in [2.24, 2.45) is 11.8 Å². The molecule has 2 atom stereocenters. The van der Waals surface area contributed by atoms with Gasteiger partial charge in [-0.3, -0.25) is 0 Å². The molecule has 0 radical (unpaired) electrons. The molecule has 0 spiro atoms. The normalized spacial score (nSPS) is 27.1. The topological polar surface area (TPSA) is 0 Å². The first-order valence-corrected chi connectivity index (χ1v) is 5.45. The Morgan fingerprint density at radius 1 is 1.07 bits per heavy atom. The lowest BCUT2D eigenvalue weighted by atomic mass is 9.90. The van der Waals surface area contributed by atoms with E-state index in [1.54, 1.807) is 11.1 Å². The summed E-state index contributed by atoms with van der Waals surface area (Å²) in [5.74, 6) is 1.53. The second-order valence-corrected chi connectivity index (χ2v) is 4.53. The average molecular weight is 186 g/mol. The van der Waals surface area contributed by atoms with E-state index in [1.165, 1.54) is 12.0 Å². The summed E-state index contributed by atoms with van der Waals surface area (Å²) in [6.07, 6.45) is 1.27. The van der Waals surface area contributed by atoms with Crippen LogP contribution in [0.15, 0.2) is 35.9 Å². The molecule has 0 amide bonds. The van der Waals surface area contributed by atoms with Crippen molar-refractivity contribution in [3.8, 4) is 0 Å². The van der Waals surface area contributed by atoms with Crippen molar-refractivity contribution in [3.05, 3.63) is 41.5 Å². The Balaban J connectivity index is 2.40. The van der Waals surface area contributed by atoms with Gasteiger partial charge in [0, 0.05) is 0 Å². The van der Waals surface area contributed by atoms with E-state index in [2.05, 4.69) is 51.1 Å². The highest BCUT2D eigenvalue weighted by molar-refractivity contribution is 5.72. The van der Waals surface area contributed by atoms with E-state index in [4.69, 9.17) is 0 Å². The van der Waals surface area contributed by atoms with Crippen LogP contribution in [-0.2, 0) is 0 Å². The fraction of sp³-hybridized carbons (Fsp3) is 0.429. The Morgan fingerprint density at radius 3 is 2.21 bits per heavy atom. The molecule has 74 valence electrons. The Bertz CT molecular complexity index is 346. The van der Waals surface area contributed by atoms with Crippen LogP contribution >= 0.6 is 0 Å². The SMILES string of the molecule is CC1=C(c2ccccc2)C(C)C(C)C1. The molecule has 1 aromatic rings. The van der Waals surface area contributed by atoms with E-state index >= 15 is 0 Å². The summed E-state index contributed by atoms with van der Waals surface area (Å²) in [6.45, 7) is 6.98. The molecular weight excluding hydrogens is 168 g/mol. The smallest absolute Gasteiger partial charge is 0.0156 e. The first-order chi connectivity index (χ1) is 6.70. The highest BCUT2D eigenvalue weighted by Crippen LogP contribution is 2.41. The molecule has 0 N–H and O–H groups in total. The van der Waals surface area contributed by atoms with E-state index in [0.29, 0.717) is 0 Å². The van der Waals surface area contributed by atoms with Crippen LogP contribution in [0.4, 0.5) is 0 Å². The quantitative estimate of drug-likeness (QED) is 0.618. The van der Waals surface area contributed by atoms with Crippen molar-refractivity contribution in [3.63, 3.8) is 0 Å². The van der Waals surface area contributed by atoms with Crippen LogP contribution in [0.2, 0.25) is 0 Å². The lowest BCUT2D eigenvalue weighted by molar-refractivity contribution is 0.502. The first-order valence-electron chi connectivity index (χ1n) is 5.45. The van der Waals surface area contributed by atoms with Gasteiger partial charge in [-0.15, -0.1) is 0 Å². The summed E-state index contributed by atoms with van der Waals surface area (Å²) < 4.78 is 0. The van der Waals surface area contributed by atoms with E-state index in [-0.39, 0.29) is 0 Å². The van der Waals surface area contributed by atoms with E-state index in [9.17, 15) is 0 Å². The standard InChI is InChI=1S/C14H18/c1-10-9-11(2)14(12(10)3)13-7-5-4-6-8-13/h4-8,10,12H,9H2,1-3H3. The van der Waals surface area contributed by atoms with Crippen LogP contribution in [-0.4, -0.2) is 0 Å². The molecular formula is C14H18. The zero-order valence-electron chi connectivity index (χ0n) is 9.25. The molecule has 1 aliphatic carbocycles. The molecule has 0 aliphatic heterocycles. The predicted molar refractivity (Wildman–Crippen MR) is 62.0 cm³/mol. The van der Waals surface area contributed by atoms with Gasteiger partial charge in [-0.2, -0.15) is 0 Å². The largest absolute Gasteiger partial charge is 0.0690 e. The Kier molecular flexibility index (Phi) is 2.45. The fourth-order valence-corrected chi connectivity index (χ4v) is 2.57. The summed E-state index contributed by atoms with van der Waals surface area (Å²) in [7, 11) is 0. The van der Waals surface area contributed by atoms with Crippen molar-refractivity contribution in [1.82, 2.24) is 0 Å². The minimum atomic E-state index is 0.720. The third kappa shape index (κ3) is 1.50. The Hall–Kier alpha value is -1.04. The summed E-state index contributed by atoms with van der Waals surface area (Å²) in [5.41, 5.74) is 4.58. The van der Waals surface area contributed by atoms with Gasteiger partial charge in [-0.05, 0) is 36.3 Å².